The van der Waals surface area contributed by atoms with Crippen molar-refractivity contribution in [2.24, 2.45) is 0 Å². The molecule has 0 unspecified atom stereocenters. The predicted octanol–water partition coefficient (Wildman–Crippen LogP) is 6.34. The second-order valence-electron chi connectivity index (χ2n) is 7.50. The van der Waals surface area contributed by atoms with Gasteiger partial charge in [-0.25, -0.2) is 4.98 Å². The molecule has 0 fully saturated rings. The Morgan fingerprint density at radius 3 is 2.44 bits per heavy atom. The van der Waals surface area contributed by atoms with Crippen LogP contribution in [-0.4, -0.2) is 23.0 Å². The maximum Gasteiger partial charge on any atom is 0.260 e. The highest BCUT2D eigenvalue weighted by Crippen LogP contribution is 2.35. The topological polar surface area (TPSA) is 64.5 Å². The molecule has 1 amide bonds. The normalized spacial score (nSPS) is 10.7. The molecule has 34 heavy (non-hydrogen) atoms. The molecule has 0 atom stereocenters. The fourth-order valence-corrected chi connectivity index (χ4v) is 4.52. The number of amides is 1. The van der Waals surface area contributed by atoms with Crippen molar-refractivity contribution in [2.45, 2.75) is 6.54 Å². The summed E-state index contributed by atoms with van der Waals surface area (Å²) in [5.41, 5.74) is 2.18. The SMILES string of the molecule is COc1cccc2sc(N(Cc3cccnc3)C(=O)c3ccc(Oc4ccccc4)cc3)nc12. The van der Waals surface area contributed by atoms with Crippen molar-refractivity contribution in [1.82, 2.24) is 9.97 Å². The average molecular weight is 468 g/mol. The van der Waals surface area contributed by atoms with Crippen LogP contribution < -0.4 is 14.4 Å². The molecule has 0 aliphatic carbocycles. The summed E-state index contributed by atoms with van der Waals surface area (Å²) in [4.78, 5) is 24.3. The number of aromatic nitrogens is 2. The van der Waals surface area contributed by atoms with E-state index in [0.29, 0.717) is 28.7 Å². The third-order valence-corrected chi connectivity index (χ3v) is 6.25. The molecule has 0 aliphatic heterocycles. The Morgan fingerprint density at radius 1 is 0.912 bits per heavy atom. The van der Waals surface area contributed by atoms with Gasteiger partial charge in [0, 0.05) is 18.0 Å². The second kappa shape index (κ2) is 9.72. The van der Waals surface area contributed by atoms with Crippen molar-refractivity contribution in [3.63, 3.8) is 0 Å². The zero-order chi connectivity index (χ0) is 23.3. The third-order valence-electron chi connectivity index (χ3n) is 5.21. The lowest BCUT2D eigenvalue weighted by molar-refractivity contribution is 0.0985. The number of ether oxygens (including phenoxy) is 2. The fraction of sp³-hybridized carbons (Fsp3) is 0.0741. The van der Waals surface area contributed by atoms with Crippen LogP contribution >= 0.6 is 11.3 Å². The van der Waals surface area contributed by atoms with Gasteiger partial charge in [0.05, 0.1) is 18.4 Å². The first kappa shape index (κ1) is 21.6. The smallest absolute Gasteiger partial charge is 0.260 e. The molecule has 0 spiro atoms. The molecule has 0 saturated carbocycles. The lowest BCUT2D eigenvalue weighted by atomic mass is 10.1. The first-order valence-corrected chi connectivity index (χ1v) is 11.5. The van der Waals surface area contributed by atoms with E-state index >= 15 is 0 Å². The minimum Gasteiger partial charge on any atom is -0.494 e. The summed E-state index contributed by atoms with van der Waals surface area (Å²) in [6.45, 7) is 0.344. The van der Waals surface area contributed by atoms with Crippen molar-refractivity contribution in [2.75, 3.05) is 12.0 Å². The second-order valence-corrected chi connectivity index (χ2v) is 8.50. The molecule has 0 N–H and O–H groups in total. The number of hydrogen-bond donors (Lipinski definition) is 0. The maximum atomic E-state index is 13.7. The van der Waals surface area contributed by atoms with Gasteiger partial charge in [-0.1, -0.05) is 41.7 Å². The van der Waals surface area contributed by atoms with Crippen molar-refractivity contribution >= 4 is 32.6 Å². The molecule has 0 saturated heterocycles. The van der Waals surface area contributed by atoms with Gasteiger partial charge in [0.2, 0.25) is 0 Å². The molecule has 0 radical (unpaired) electrons. The number of pyridine rings is 1. The van der Waals surface area contributed by atoms with E-state index in [-0.39, 0.29) is 5.91 Å². The van der Waals surface area contributed by atoms with Crippen LogP contribution in [0.25, 0.3) is 10.2 Å². The van der Waals surface area contributed by atoms with Crippen LogP contribution in [0, 0.1) is 0 Å². The minimum absolute atomic E-state index is 0.159. The molecule has 5 aromatic rings. The van der Waals surface area contributed by atoms with E-state index in [2.05, 4.69) is 4.98 Å². The number of hydrogen-bond acceptors (Lipinski definition) is 6. The molecule has 6 nitrogen and oxygen atoms in total. The van der Waals surface area contributed by atoms with Gasteiger partial charge < -0.3 is 9.47 Å². The van der Waals surface area contributed by atoms with Gasteiger partial charge in [-0.3, -0.25) is 14.7 Å². The van der Waals surface area contributed by atoms with Crippen molar-refractivity contribution in [1.29, 1.82) is 0 Å². The van der Waals surface area contributed by atoms with Crippen LogP contribution in [0.2, 0.25) is 0 Å². The molecule has 0 bridgehead atoms. The van der Waals surface area contributed by atoms with Crippen molar-refractivity contribution in [3.8, 4) is 17.2 Å². The zero-order valence-corrected chi connectivity index (χ0v) is 19.2. The predicted molar refractivity (Wildman–Crippen MR) is 134 cm³/mol. The van der Waals surface area contributed by atoms with Gasteiger partial charge in [-0.15, -0.1) is 0 Å². The summed E-state index contributed by atoms with van der Waals surface area (Å²) in [5, 5.41) is 0.595. The lowest BCUT2D eigenvalue weighted by Crippen LogP contribution is -2.30. The van der Waals surface area contributed by atoms with E-state index in [1.807, 2.05) is 60.7 Å². The molecule has 2 aromatic heterocycles. The molecule has 0 aliphatic rings. The van der Waals surface area contributed by atoms with Crippen molar-refractivity contribution < 1.29 is 14.3 Å². The van der Waals surface area contributed by atoms with Crippen LogP contribution in [-0.2, 0) is 6.54 Å². The van der Waals surface area contributed by atoms with E-state index in [0.717, 1.165) is 21.5 Å². The molecule has 2 heterocycles. The van der Waals surface area contributed by atoms with Crippen molar-refractivity contribution in [3.05, 3.63) is 108 Å². The summed E-state index contributed by atoms with van der Waals surface area (Å²) in [5.74, 6) is 1.92. The number of carbonyl (C=O) groups is 1. The average Bonchev–Trinajstić information content (AvgIpc) is 3.33. The summed E-state index contributed by atoms with van der Waals surface area (Å²) in [6.07, 6.45) is 3.47. The van der Waals surface area contributed by atoms with Crippen LogP contribution in [0.3, 0.4) is 0 Å². The molecular formula is C27H21N3O3S. The largest absolute Gasteiger partial charge is 0.494 e. The Labute approximate surface area is 201 Å². The highest BCUT2D eigenvalue weighted by molar-refractivity contribution is 7.22. The summed E-state index contributed by atoms with van der Waals surface area (Å²) in [7, 11) is 1.62. The first-order chi connectivity index (χ1) is 16.7. The van der Waals surface area contributed by atoms with Gasteiger partial charge in [-0.2, -0.15) is 0 Å². The molecule has 168 valence electrons. The number of methoxy groups -OCH3 is 1. The molecule has 5 rings (SSSR count). The molecular weight excluding hydrogens is 446 g/mol. The van der Waals surface area contributed by atoms with Gasteiger partial charge in [0.1, 0.15) is 22.8 Å². The Balaban J connectivity index is 1.47. The van der Waals surface area contributed by atoms with Crippen LogP contribution in [0.15, 0.2) is 97.3 Å². The highest BCUT2D eigenvalue weighted by Gasteiger charge is 2.23. The van der Waals surface area contributed by atoms with E-state index < -0.39 is 0 Å². The number of nitrogens with zero attached hydrogens (tertiary/aromatic N) is 3. The quantitative estimate of drug-likeness (QED) is 0.279. The third kappa shape index (κ3) is 4.60. The van der Waals surface area contributed by atoms with E-state index in [9.17, 15) is 4.79 Å². The summed E-state index contributed by atoms with van der Waals surface area (Å²) >= 11 is 1.45. The van der Waals surface area contributed by atoms with E-state index in [1.54, 1.807) is 48.7 Å². The maximum absolute atomic E-state index is 13.7. The number of carbonyl (C=O) groups excluding carboxylic acids is 1. The summed E-state index contributed by atoms with van der Waals surface area (Å²) in [6, 6.07) is 26.2. The first-order valence-electron chi connectivity index (χ1n) is 10.7. The minimum atomic E-state index is -0.159. The van der Waals surface area contributed by atoms with Crippen LogP contribution in [0.4, 0.5) is 5.13 Å². The highest BCUT2D eigenvalue weighted by atomic mass is 32.1. The lowest BCUT2D eigenvalue weighted by Gasteiger charge is -2.20. The number of fused-ring (bicyclic) bond motifs is 1. The van der Waals surface area contributed by atoms with Crippen LogP contribution in [0.1, 0.15) is 15.9 Å². The number of benzene rings is 3. The molecule has 3 aromatic carbocycles. The zero-order valence-electron chi connectivity index (χ0n) is 18.4. The Kier molecular flexibility index (Phi) is 6.18. The Morgan fingerprint density at radius 2 is 1.71 bits per heavy atom. The number of para-hydroxylation sites is 2. The number of anilines is 1. The molecule has 7 heteroatoms. The number of rotatable bonds is 7. The van der Waals surface area contributed by atoms with E-state index in [1.165, 1.54) is 11.3 Å². The Bertz CT molecular complexity index is 1400. The fourth-order valence-electron chi connectivity index (χ4n) is 3.54. The standard InChI is InChI=1S/C27H21N3O3S/c1-32-23-10-5-11-24-25(23)29-27(34-24)30(18-19-7-6-16-28-17-19)26(31)20-12-14-22(15-13-20)33-21-8-3-2-4-9-21/h2-17H,18H2,1H3. The monoisotopic (exact) mass is 467 g/mol. The van der Waals surface area contributed by atoms with Gasteiger partial charge in [0.25, 0.3) is 5.91 Å². The van der Waals surface area contributed by atoms with Crippen LogP contribution in [0.5, 0.6) is 17.2 Å². The Hall–Kier alpha value is -4.23. The van der Waals surface area contributed by atoms with Gasteiger partial charge in [0.15, 0.2) is 5.13 Å². The summed E-state index contributed by atoms with van der Waals surface area (Å²) < 4.78 is 12.3. The number of thiazole rings is 1. The van der Waals surface area contributed by atoms with Gasteiger partial charge in [-0.05, 0) is 60.2 Å². The van der Waals surface area contributed by atoms with Gasteiger partial charge >= 0.3 is 0 Å². The van der Waals surface area contributed by atoms with E-state index in [4.69, 9.17) is 14.5 Å².